The maximum atomic E-state index is 10.7. The van der Waals surface area contributed by atoms with Crippen molar-refractivity contribution in [3.05, 3.63) is 0 Å². The van der Waals surface area contributed by atoms with Crippen LogP contribution in [0.5, 0.6) is 0 Å². The molecule has 0 saturated heterocycles. The molecule has 0 aromatic heterocycles. The van der Waals surface area contributed by atoms with Crippen molar-refractivity contribution in [2.24, 2.45) is 5.41 Å². The maximum Gasteiger partial charge on any atom is 0.522 e. The predicted molar refractivity (Wildman–Crippen MR) is 58.5 cm³/mol. The fraction of sp³-hybridized carbons (Fsp3) is 0.875. The van der Waals surface area contributed by atoms with E-state index in [2.05, 4.69) is 0 Å². The van der Waals surface area contributed by atoms with Crippen LogP contribution in [0.25, 0.3) is 0 Å². The second kappa shape index (κ2) is 5.67. The standard InChI is InChI=1S/C7H16N2.CHF3O3S/c1-7(2,3)6(8)9(4)5;2-1(3,4)8(5,6)7/h8H,1-5H3;(H,5,6,7). The first-order chi connectivity index (χ1) is 7.10. The Morgan fingerprint density at radius 2 is 1.41 bits per heavy atom. The molecule has 2 N–H and O–H groups in total. The summed E-state index contributed by atoms with van der Waals surface area (Å²) in [5, 5.41) is 7.52. The highest BCUT2D eigenvalue weighted by molar-refractivity contribution is 7.86. The number of rotatable bonds is 0. The lowest BCUT2D eigenvalue weighted by molar-refractivity contribution is -0.0510. The summed E-state index contributed by atoms with van der Waals surface area (Å²) in [6, 6.07) is 0. The number of nitrogens with one attached hydrogen (secondary N) is 1. The third-order valence-electron chi connectivity index (χ3n) is 1.45. The topological polar surface area (TPSA) is 81.5 Å². The minimum atomic E-state index is -5.84. The Morgan fingerprint density at radius 3 is 1.41 bits per heavy atom. The Morgan fingerprint density at radius 1 is 1.18 bits per heavy atom. The van der Waals surface area contributed by atoms with Gasteiger partial charge in [-0.2, -0.15) is 21.6 Å². The van der Waals surface area contributed by atoms with Gasteiger partial charge >= 0.3 is 15.6 Å². The molecular formula is C8H17F3N2O3S. The summed E-state index contributed by atoms with van der Waals surface area (Å²) in [6.45, 7) is 6.11. The molecule has 0 aliphatic carbocycles. The highest BCUT2D eigenvalue weighted by Crippen LogP contribution is 2.20. The minimum Gasteiger partial charge on any atom is -0.366 e. The Bertz CT molecular complexity index is 355. The van der Waals surface area contributed by atoms with E-state index in [1.807, 2.05) is 39.8 Å². The zero-order chi connectivity index (χ0) is 14.7. The molecule has 0 amide bonds. The number of alkyl halides is 3. The second-order valence-electron chi connectivity index (χ2n) is 4.41. The molecule has 0 unspecified atom stereocenters. The fourth-order valence-corrected chi connectivity index (χ4v) is 0.671. The summed E-state index contributed by atoms with van der Waals surface area (Å²) in [5.41, 5.74) is -5.55. The zero-order valence-corrected chi connectivity index (χ0v) is 11.1. The third-order valence-corrected chi connectivity index (χ3v) is 2.04. The molecule has 0 heterocycles. The number of hydrogen-bond acceptors (Lipinski definition) is 3. The van der Waals surface area contributed by atoms with Crippen molar-refractivity contribution >= 4 is 16.0 Å². The van der Waals surface area contributed by atoms with Crippen molar-refractivity contribution in [2.75, 3.05) is 14.1 Å². The average Bonchev–Trinajstić information content (AvgIpc) is 1.98. The van der Waals surface area contributed by atoms with Crippen molar-refractivity contribution in [2.45, 2.75) is 26.3 Å². The number of hydrogen-bond donors (Lipinski definition) is 2. The predicted octanol–water partition coefficient (Wildman–Crippen LogP) is 1.97. The van der Waals surface area contributed by atoms with Crippen LogP contribution in [0.2, 0.25) is 0 Å². The summed E-state index contributed by atoms with van der Waals surface area (Å²) in [7, 11) is -2.05. The van der Waals surface area contributed by atoms with Gasteiger partial charge in [0.15, 0.2) is 0 Å². The van der Waals surface area contributed by atoms with Crippen molar-refractivity contribution in [1.29, 1.82) is 5.41 Å². The van der Waals surface area contributed by atoms with Crippen LogP contribution in [-0.4, -0.2) is 43.3 Å². The van der Waals surface area contributed by atoms with E-state index in [0.717, 1.165) is 0 Å². The summed E-state index contributed by atoms with van der Waals surface area (Å²) in [4.78, 5) is 1.83. The van der Waals surface area contributed by atoms with Crippen LogP contribution in [0, 0.1) is 10.8 Å². The van der Waals surface area contributed by atoms with Crippen LogP contribution in [0.3, 0.4) is 0 Å². The molecule has 0 fully saturated rings. The van der Waals surface area contributed by atoms with Gasteiger partial charge < -0.3 is 4.90 Å². The summed E-state index contributed by atoms with van der Waals surface area (Å²) in [5.74, 6) is 0.669. The van der Waals surface area contributed by atoms with E-state index in [9.17, 15) is 13.2 Å². The lowest BCUT2D eigenvalue weighted by Crippen LogP contribution is -2.32. The van der Waals surface area contributed by atoms with Crippen LogP contribution in [0.1, 0.15) is 20.8 Å². The molecular weight excluding hydrogens is 261 g/mol. The minimum absolute atomic E-state index is 0.0104. The Kier molecular flexibility index (Phi) is 6.19. The molecule has 0 spiro atoms. The first-order valence-electron chi connectivity index (χ1n) is 4.41. The van der Waals surface area contributed by atoms with Gasteiger partial charge in [0.25, 0.3) is 0 Å². The van der Waals surface area contributed by atoms with Crippen LogP contribution in [-0.2, 0) is 10.1 Å². The first kappa shape index (κ1) is 18.5. The SMILES string of the molecule is CN(C)C(=N)C(C)(C)C.O=S(=O)(O)C(F)(F)F. The molecule has 0 aliphatic heterocycles. The number of nitrogens with zero attached hydrogens (tertiary/aromatic N) is 1. The number of amidine groups is 1. The molecule has 0 atom stereocenters. The van der Waals surface area contributed by atoms with Crippen molar-refractivity contribution in [3.8, 4) is 0 Å². The smallest absolute Gasteiger partial charge is 0.366 e. The number of halogens is 3. The highest BCUT2D eigenvalue weighted by atomic mass is 32.2. The van der Waals surface area contributed by atoms with Crippen LogP contribution in [0.15, 0.2) is 0 Å². The molecule has 0 rings (SSSR count). The largest absolute Gasteiger partial charge is 0.522 e. The van der Waals surface area contributed by atoms with Gasteiger partial charge in [0.1, 0.15) is 5.84 Å². The van der Waals surface area contributed by atoms with Crippen LogP contribution < -0.4 is 0 Å². The molecule has 0 aromatic carbocycles. The Labute approximate surface area is 98.9 Å². The van der Waals surface area contributed by atoms with Crippen LogP contribution >= 0.6 is 0 Å². The van der Waals surface area contributed by atoms with E-state index in [4.69, 9.17) is 18.4 Å². The maximum absolute atomic E-state index is 10.7. The second-order valence-corrected chi connectivity index (χ2v) is 5.83. The third kappa shape index (κ3) is 7.97. The fourth-order valence-electron chi connectivity index (χ4n) is 0.671. The zero-order valence-electron chi connectivity index (χ0n) is 10.3. The van der Waals surface area contributed by atoms with Crippen molar-refractivity contribution < 1.29 is 26.1 Å². The average molecular weight is 278 g/mol. The van der Waals surface area contributed by atoms with E-state index in [0.29, 0.717) is 5.84 Å². The molecule has 0 aliphatic rings. The molecule has 9 heteroatoms. The Hall–Kier alpha value is -0.830. The van der Waals surface area contributed by atoms with Gasteiger partial charge in [-0.3, -0.25) is 9.96 Å². The summed E-state index contributed by atoms with van der Waals surface area (Å²) >= 11 is 0. The Balaban J connectivity index is 0. The van der Waals surface area contributed by atoms with Gasteiger partial charge in [-0.1, -0.05) is 20.8 Å². The van der Waals surface area contributed by atoms with E-state index >= 15 is 0 Å². The lowest BCUT2D eigenvalue weighted by atomic mass is 9.94. The lowest BCUT2D eigenvalue weighted by Gasteiger charge is -2.25. The van der Waals surface area contributed by atoms with E-state index < -0.39 is 15.6 Å². The van der Waals surface area contributed by atoms with Crippen molar-refractivity contribution in [3.63, 3.8) is 0 Å². The monoisotopic (exact) mass is 278 g/mol. The van der Waals surface area contributed by atoms with Gasteiger partial charge in [-0.05, 0) is 0 Å². The van der Waals surface area contributed by atoms with Crippen molar-refractivity contribution in [1.82, 2.24) is 4.90 Å². The molecule has 17 heavy (non-hydrogen) atoms. The molecule has 104 valence electrons. The summed E-state index contributed by atoms with van der Waals surface area (Å²) < 4.78 is 57.5. The molecule has 5 nitrogen and oxygen atoms in total. The first-order valence-corrected chi connectivity index (χ1v) is 5.85. The van der Waals surface area contributed by atoms with E-state index in [1.165, 1.54) is 0 Å². The van der Waals surface area contributed by atoms with Gasteiger partial charge in [-0.25, -0.2) is 0 Å². The van der Waals surface area contributed by atoms with Gasteiger partial charge in [-0.15, -0.1) is 0 Å². The quantitative estimate of drug-likeness (QED) is 0.307. The van der Waals surface area contributed by atoms with E-state index in [-0.39, 0.29) is 5.41 Å². The highest BCUT2D eigenvalue weighted by Gasteiger charge is 2.44. The van der Waals surface area contributed by atoms with Gasteiger partial charge in [0, 0.05) is 19.5 Å². The van der Waals surface area contributed by atoms with Gasteiger partial charge in [0.2, 0.25) is 0 Å². The van der Waals surface area contributed by atoms with E-state index in [1.54, 1.807) is 0 Å². The molecule has 0 radical (unpaired) electrons. The summed E-state index contributed by atoms with van der Waals surface area (Å²) in [6.07, 6.45) is 0. The normalized spacial score (nSPS) is 12.5. The van der Waals surface area contributed by atoms with Gasteiger partial charge in [0.05, 0.1) is 0 Å². The van der Waals surface area contributed by atoms with Crippen LogP contribution in [0.4, 0.5) is 13.2 Å². The molecule has 0 bridgehead atoms. The molecule has 0 aromatic rings. The molecule has 0 saturated carbocycles.